The largest absolute Gasteiger partial charge is 0.481 e. The molecule has 0 aromatic heterocycles. The van der Waals surface area contributed by atoms with Crippen molar-refractivity contribution in [2.75, 3.05) is 13.3 Å². The van der Waals surface area contributed by atoms with Gasteiger partial charge in [-0.1, -0.05) is 20.8 Å². The number of carboxylic acid groups (broad SMARTS) is 1. The van der Waals surface area contributed by atoms with E-state index in [9.17, 15) is 29.4 Å². The second kappa shape index (κ2) is 13.6. The molecule has 0 aliphatic heterocycles. The molecule has 4 aliphatic carbocycles. The van der Waals surface area contributed by atoms with Crippen LogP contribution < -0.4 is 5.32 Å². The van der Waals surface area contributed by atoms with Crippen molar-refractivity contribution >= 4 is 23.8 Å². The number of carbonyl (C=O) groups excluding carboxylic acids is 3. The highest BCUT2D eigenvalue weighted by molar-refractivity contribution is 5.81. The fourth-order valence-electron chi connectivity index (χ4n) is 9.65. The summed E-state index contributed by atoms with van der Waals surface area (Å²) < 4.78 is 9.57. The Bertz CT molecular complexity index is 1000. The van der Waals surface area contributed by atoms with Gasteiger partial charge in [0.15, 0.2) is 0 Å². The summed E-state index contributed by atoms with van der Waals surface area (Å²) in [5, 5.41) is 33.2. The number of aliphatic hydroxyl groups excluding tert-OH is 2. The number of ether oxygens (including phenoxy) is 2. The number of hydrogen-bond acceptors (Lipinski definition) is 8. The van der Waals surface area contributed by atoms with Crippen LogP contribution in [0, 0.1) is 46.3 Å². The zero-order valence-electron chi connectivity index (χ0n) is 25.5. The van der Waals surface area contributed by atoms with Gasteiger partial charge in [-0.15, -0.1) is 0 Å². The molecule has 4 aliphatic rings. The maximum Gasteiger partial charge on any atom is 0.328 e. The summed E-state index contributed by atoms with van der Waals surface area (Å²) in [6.45, 7) is 6.00. The lowest BCUT2D eigenvalue weighted by molar-refractivity contribution is -0.175. The maximum absolute atomic E-state index is 12.5. The van der Waals surface area contributed by atoms with Crippen LogP contribution in [-0.4, -0.2) is 64.7 Å². The van der Waals surface area contributed by atoms with E-state index in [1.54, 1.807) is 0 Å². The van der Waals surface area contributed by atoms with Crippen LogP contribution in [0.4, 0.5) is 0 Å². The molecule has 4 N–H and O–H groups in total. The summed E-state index contributed by atoms with van der Waals surface area (Å²) >= 11 is 0. The molecule has 0 aromatic carbocycles. The molecule has 0 spiro atoms. The van der Waals surface area contributed by atoms with Crippen molar-refractivity contribution in [1.29, 1.82) is 0 Å². The number of amides is 1. The molecule has 4 saturated carbocycles. The SMILES string of the molecule is C[C@H](CCC(=O)NCC(=O)OCOC(=O)CCCC(=O)O)C1CCC2C3CC[C@@H]4C[C@H](O)CC[C@]4(C)C3C[C@H](O)[C@@]21C. The summed E-state index contributed by atoms with van der Waals surface area (Å²) in [6, 6.07) is 0. The third-order valence-corrected chi connectivity index (χ3v) is 12.0. The van der Waals surface area contributed by atoms with Crippen LogP contribution in [0.3, 0.4) is 0 Å². The molecule has 4 fully saturated rings. The average Bonchev–Trinajstić information content (AvgIpc) is 3.30. The van der Waals surface area contributed by atoms with Crippen LogP contribution in [0.25, 0.3) is 0 Å². The summed E-state index contributed by atoms with van der Waals surface area (Å²) in [6.07, 6.45) is 8.53. The minimum Gasteiger partial charge on any atom is -0.481 e. The Kier molecular flexibility index (Phi) is 10.6. The van der Waals surface area contributed by atoms with Crippen LogP contribution in [0.15, 0.2) is 0 Å². The highest BCUT2D eigenvalue weighted by Crippen LogP contribution is 2.68. The van der Waals surface area contributed by atoms with Gasteiger partial charge in [-0.25, -0.2) is 0 Å². The third-order valence-electron chi connectivity index (χ3n) is 12.0. The molecule has 0 saturated heterocycles. The van der Waals surface area contributed by atoms with E-state index in [4.69, 9.17) is 14.6 Å². The van der Waals surface area contributed by atoms with E-state index in [2.05, 4.69) is 26.1 Å². The molecule has 10 atom stereocenters. The fourth-order valence-corrected chi connectivity index (χ4v) is 9.65. The van der Waals surface area contributed by atoms with Crippen molar-refractivity contribution < 1.29 is 44.0 Å². The first-order chi connectivity index (χ1) is 19.9. The number of aliphatic hydroxyl groups is 2. The molecule has 1 amide bonds. The van der Waals surface area contributed by atoms with Crippen molar-refractivity contribution in [3.8, 4) is 0 Å². The summed E-state index contributed by atoms with van der Waals surface area (Å²) in [5.74, 6) is 0.118. The van der Waals surface area contributed by atoms with Gasteiger partial charge >= 0.3 is 17.9 Å². The van der Waals surface area contributed by atoms with Crippen molar-refractivity contribution in [3.05, 3.63) is 0 Å². The fraction of sp³-hybridized carbons (Fsp3) is 0.875. The van der Waals surface area contributed by atoms with Gasteiger partial charge in [0, 0.05) is 19.3 Å². The molecule has 4 rings (SSSR count). The topological polar surface area (TPSA) is 159 Å². The molecular formula is C32H51NO9. The van der Waals surface area contributed by atoms with Gasteiger partial charge in [-0.05, 0) is 111 Å². The Morgan fingerprint density at radius 3 is 2.38 bits per heavy atom. The van der Waals surface area contributed by atoms with Crippen LogP contribution >= 0.6 is 0 Å². The summed E-state index contributed by atoms with van der Waals surface area (Å²) in [4.78, 5) is 46.4. The lowest BCUT2D eigenvalue weighted by Gasteiger charge is -2.62. The summed E-state index contributed by atoms with van der Waals surface area (Å²) in [7, 11) is 0. The monoisotopic (exact) mass is 593 g/mol. The number of hydrogen-bond donors (Lipinski definition) is 4. The van der Waals surface area contributed by atoms with Crippen molar-refractivity contribution in [2.45, 2.75) is 116 Å². The van der Waals surface area contributed by atoms with Gasteiger partial charge in [-0.2, -0.15) is 0 Å². The predicted molar refractivity (Wildman–Crippen MR) is 153 cm³/mol. The standard InChI is InChI=1S/C32H51NO9/c1-19(7-12-27(36)33-17-30(40)42-18-41-29(39)6-4-5-28(37)38)23-10-11-24-22-9-8-20-15-21(34)13-14-31(20,2)25(22)16-26(35)32(23,24)3/h19-26,34-35H,4-18H2,1-3H3,(H,33,36)(H,37,38)/t19-,20-,21-,22?,23?,24?,25?,26+,31+,32-/m1/s1. The number of nitrogens with one attached hydrogen (secondary N) is 1. The van der Waals surface area contributed by atoms with Crippen molar-refractivity contribution in [1.82, 2.24) is 5.32 Å². The van der Waals surface area contributed by atoms with E-state index in [1.165, 1.54) is 12.8 Å². The minimum absolute atomic E-state index is 0.0807. The van der Waals surface area contributed by atoms with Crippen molar-refractivity contribution in [2.24, 2.45) is 46.3 Å². The second-order valence-electron chi connectivity index (χ2n) is 14.1. The average molecular weight is 594 g/mol. The molecule has 4 unspecified atom stereocenters. The van der Waals surface area contributed by atoms with Gasteiger partial charge in [-0.3, -0.25) is 19.2 Å². The number of fused-ring (bicyclic) bond motifs is 5. The van der Waals surface area contributed by atoms with E-state index < -0.39 is 24.7 Å². The van der Waals surface area contributed by atoms with Gasteiger partial charge in [0.1, 0.15) is 6.54 Å². The Morgan fingerprint density at radius 2 is 1.64 bits per heavy atom. The molecule has 10 nitrogen and oxygen atoms in total. The zero-order chi connectivity index (χ0) is 30.7. The van der Waals surface area contributed by atoms with Crippen LogP contribution in [0.1, 0.15) is 104 Å². The number of aliphatic carboxylic acids is 1. The van der Waals surface area contributed by atoms with Crippen molar-refractivity contribution in [3.63, 3.8) is 0 Å². The van der Waals surface area contributed by atoms with E-state index in [0.29, 0.717) is 36.0 Å². The number of rotatable bonds is 12. The van der Waals surface area contributed by atoms with Crippen LogP contribution in [-0.2, 0) is 28.7 Å². The van der Waals surface area contributed by atoms with Crippen LogP contribution in [0.2, 0.25) is 0 Å². The van der Waals surface area contributed by atoms with E-state index >= 15 is 0 Å². The number of carbonyl (C=O) groups is 4. The van der Waals surface area contributed by atoms with E-state index in [1.807, 2.05) is 0 Å². The molecule has 0 aromatic rings. The second-order valence-corrected chi connectivity index (χ2v) is 14.1. The number of esters is 2. The van der Waals surface area contributed by atoms with E-state index in [0.717, 1.165) is 38.5 Å². The zero-order valence-corrected chi connectivity index (χ0v) is 25.5. The Hall–Kier alpha value is -2.20. The lowest BCUT2D eigenvalue weighted by Crippen LogP contribution is -2.58. The number of carboxylic acids is 1. The lowest BCUT2D eigenvalue weighted by atomic mass is 9.43. The first-order valence-electron chi connectivity index (χ1n) is 16.0. The molecule has 238 valence electrons. The van der Waals surface area contributed by atoms with Gasteiger partial charge < -0.3 is 30.1 Å². The third kappa shape index (κ3) is 6.95. The molecule has 0 bridgehead atoms. The Balaban J connectivity index is 1.21. The Labute approximate surface area is 249 Å². The predicted octanol–water partition coefficient (Wildman–Crippen LogP) is 3.81. The Morgan fingerprint density at radius 1 is 0.905 bits per heavy atom. The maximum atomic E-state index is 12.5. The summed E-state index contributed by atoms with van der Waals surface area (Å²) in [5.41, 5.74) is 0.0420. The van der Waals surface area contributed by atoms with Gasteiger partial charge in [0.05, 0.1) is 12.2 Å². The van der Waals surface area contributed by atoms with E-state index in [-0.39, 0.29) is 67.1 Å². The molecule has 0 radical (unpaired) electrons. The molecule has 10 heteroatoms. The quantitative estimate of drug-likeness (QED) is 0.195. The van der Waals surface area contributed by atoms with Crippen LogP contribution in [0.5, 0.6) is 0 Å². The molecule has 42 heavy (non-hydrogen) atoms. The minimum atomic E-state index is -1.00. The first kappa shape index (κ1) is 32.7. The van der Waals surface area contributed by atoms with Gasteiger partial charge in [0.2, 0.25) is 12.7 Å². The highest BCUT2D eigenvalue weighted by Gasteiger charge is 2.63. The highest BCUT2D eigenvalue weighted by atomic mass is 16.7. The first-order valence-corrected chi connectivity index (χ1v) is 16.0. The normalized spacial score (nSPS) is 37.9. The smallest absolute Gasteiger partial charge is 0.328 e. The van der Waals surface area contributed by atoms with Gasteiger partial charge in [0.25, 0.3) is 0 Å². The molecular weight excluding hydrogens is 542 g/mol. The molecule has 0 heterocycles.